The second kappa shape index (κ2) is 9.35. The topological polar surface area (TPSA) is 75.7 Å². The highest BCUT2D eigenvalue weighted by molar-refractivity contribution is 7.89. The van der Waals surface area contributed by atoms with Gasteiger partial charge in [0.05, 0.1) is 11.4 Å². The lowest BCUT2D eigenvalue weighted by atomic mass is 10.2. The molecule has 0 spiro atoms. The van der Waals surface area contributed by atoms with Gasteiger partial charge in [0, 0.05) is 20.0 Å². The molecular weight excluding hydrogens is 352 g/mol. The Balaban J connectivity index is 2.16. The number of hydrogen-bond donors (Lipinski definition) is 1. The van der Waals surface area contributed by atoms with Crippen molar-refractivity contribution in [1.82, 2.24) is 4.72 Å². The van der Waals surface area contributed by atoms with E-state index < -0.39 is 10.0 Å². The van der Waals surface area contributed by atoms with Gasteiger partial charge in [-0.2, -0.15) is 0 Å². The van der Waals surface area contributed by atoms with Crippen molar-refractivity contribution < 1.29 is 17.9 Å². The van der Waals surface area contributed by atoms with Crippen LogP contribution in [-0.2, 0) is 14.8 Å². The first-order chi connectivity index (χ1) is 12.4. The average Bonchev–Trinajstić information content (AvgIpc) is 2.60. The number of sulfonamides is 1. The summed E-state index contributed by atoms with van der Waals surface area (Å²) in [5.74, 6) is 1.07. The first kappa shape index (κ1) is 19.9. The van der Waals surface area contributed by atoms with Crippen LogP contribution in [0.2, 0.25) is 0 Å². The molecule has 26 heavy (non-hydrogen) atoms. The predicted octanol–water partition coefficient (Wildman–Crippen LogP) is 3.16. The Hall–Kier alpha value is -2.38. The van der Waals surface area contributed by atoms with E-state index in [-0.39, 0.29) is 24.7 Å². The van der Waals surface area contributed by atoms with Crippen molar-refractivity contribution in [2.75, 3.05) is 23.7 Å². The minimum atomic E-state index is -3.31. The Kier molecular flexibility index (Phi) is 7.17. The zero-order valence-electron chi connectivity index (χ0n) is 15.0. The fraction of sp³-hybridized carbons (Fsp3) is 0.316. The normalized spacial score (nSPS) is 11.2. The number of benzene rings is 2. The van der Waals surface area contributed by atoms with Crippen LogP contribution in [-0.4, -0.2) is 33.2 Å². The van der Waals surface area contributed by atoms with Crippen LogP contribution in [0, 0.1) is 0 Å². The fourth-order valence-electron chi connectivity index (χ4n) is 2.48. The minimum Gasteiger partial charge on any atom is -0.455 e. The lowest BCUT2D eigenvalue weighted by molar-refractivity contribution is -0.116. The van der Waals surface area contributed by atoms with Crippen molar-refractivity contribution >= 4 is 21.6 Å². The lowest BCUT2D eigenvalue weighted by Gasteiger charge is -2.24. The number of ether oxygens (including phenoxy) is 1. The molecule has 0 aliphatic heterocycles. The molecule has 0 unspecified atom stereocenters. The van der Waals surface area contributed by atoms with Crippen LogP contribution < -0.4 is 14.4 Å². The zero-order valence-corrected chi connectivity index (χ0v) is 15.8. The molecule has 1 N–H and O–H groups in total. The highest BCUT2D eigenvalue weighted by Crippen LogP contribution is 2.32. The molecule has 140 valence electrons. The van der Waals surface area contributed by atoms with Crippen LogP contribution in [0.3, 0.4) is 0 Å². The maximum absolute atomic E-state index is 12.1. The van der Waals surface area contributed by atoms with Gasteiger partial charge in [0.1, 0.15) is 5.75 Å². The third kappa shape index (κ3) is 5.86. The smallest absolute Gasteiger partial charge is 0.224 e. The molecule has 0 heterocycles. The molecule has 0 aliphatic rings. The number of amides is 1. The summed E-state index contributed by atoms with van der Waals surface area (Å²) >= 11 is 0. The van der Waals surface area contributed by atoms with E-state index in [1.807, 2.05) is 42.5 Å². The van der Waals surface area contributed by atoms with Gasteiger partial charge in [0.2, 0.25) is 15.9 Å². The molecule has 0 bridgehead atoms. The third-order valence-electron chi connectivity index (χ3n) is 3.64. The molecule has 6 nitrogen and oxygen atoms in total. The van der Waals surface area contributed by atoms with E-state index in [4.69, 9.17) is 4.74 Å². The molecule has 0 atom stereocenters. The summed E-state index contributed by atoms with van der Waals surface area (Å²) in [5.41, 5.74) is 0.596. The maximum Gasteiger partial charge on any atom is 0.224 e. The second-order valence-corrected chi connectivity index (χ2v) is 7.69. The summed E-state index contributed by atoms with van der Waals surface area (Å²) in [6.45, 7) is 3.60. The Morgan fingerprint density at radius 2 is 1.73 bits per heavy atom. The highest BCUT2D eigenvalue weighted by Gasteiger charge is 2.17. The van der Waals surface area contributed by atoms with Crippen LogP contribution in [0.15, 0.2) is 54.6 Å². The van der Waals surface area contributed by atoms with Gasteiger partial charge in [-0.3, -0.25) is 4.79 Å². The third-order valence-corrected chi connectivity index (χ3v) is 5.23. The van der Waals surface area contributed by atoms with E-state index in [0.29, 0.717) is 23.6 Å². The minimum absolute atomic E-state index is 0.0702. The van der Waals surface area contributed by atoms with Crippen molar-refractivity contribution in [2.45, 2.75) is 20.3 Å². The van der Waals surface area contributed by atoms with Crippen molar-refractivity contribution in [2.24, 2.45) is 0 Å². The number of hydrogen-bond acceptors (Lipinski definition) is 4. The fourth-order valence-corrected chi connectivity index (χ4v) is 3.57. The first-order valence-corrected chi connectivity index (χ1v) is 10.2. The monoisotopic (exact) mass is 376 g/mol. The summed E-state index contributed by atoms with van der Waals surface area (Å²) in [6.07, 6.45) is 0.541. The molecule has 7 heteroatoms. The Bertz CT molecular complexity index is 822. The van der Waals surface area contributed by atoms with Crippen molar-refractivity contribution in [3.05, 3.63) is 54.6 Å². The van der Waals surface area contributed by atoms with Crippen LogP contribution in [0.25, 0.3) is 0 Å². The van der Waals surface area contributed by atoms with E-state index in [1.165, 1.54) is 11.8 Å². The predicted molar refractivity (Wildman–Crippen MR) is 103 cm³/mol. The van der Waals surface area contributed by atoms with Crippen LogP contribution in [0.1, 0.15) is 20.3 Å². The number of nitrogens with zero attached hydrogens (tertiary/aromatic N) is 1. The van der Waals surface area contributed by atoms with Gasteiger partial charge in [-0.25, -0.2) is 13.1 Å². The van der Waals surface area contributed by atoms with E-state index in [9.17, 15) is 13.2 Å². The van der Waals surface area contributed by atoms with Gasteiger partial charge < -0.3 is 9.64 Å². The molecule has 2 aromatic rings. The quantitative estimate of drug-likeness (QED) is 0.729. The largest absolute Gasteiger partial charge is 0.455 e. The molecular formula is C19H24N2O4S. The van der Waals surface area contributed by atoms with Crippen molar-refractivity contribution in [3.8, 4) is 11.5 Å². The lowest BCUT2D eigenvalue weighted by Crippen LogP contribution is -2.38. The summed E-state index contributed by atoms with van der Waals surface area (Å²) < 4.78 is 32.0. The number of carbonyl (C=O) groups is 1. The molecule has 2 aromatic carbocycles. The molecule has 0 aromatic heterocycles. The number of rotatable bonds is 9. The van der Waals surface area contributed by atoms with Gasteiger partial charge in [-0.1, -0.05) is 37.3 Å². The number of nitrogens with one attached hydrogen (secondary N) is 1. The number of para-hydroxylation sites is 3. The first-order valence-electron chi connectivity index (χ1n) is 8.50. The summed E-state index contributed by atoms with van der Waals surface area (Å²) in [5, 5.41) is 0. The zero-order chi connectivity index (χ0) is 19.0. The standard InChI is InChI=1S/C19H24N2O4S/c1-3-15-26(23,24)20-13-14-21(16(2)22)18-11-7-8-12-19(18)25-17-9-5-4-6-10-17/h4-12,20H,3,13-15H2,1-2H3. The van der Waals surface area contributed by atoms with Crippen LogP contribution >= 0.6 is 0 Å². The van der Waals surface area contributed by atoms with Crippen LogP contribution in [0.5, 0.6) is 11.5 Å². The number of carbonyl (C=O) groups excluding carboxylic acids is 1. The van der Waals surface area contributed by atoms with Gasteiger partial charge in [0.15, 0.2) is 5.75 Å². The van der Waals surface area contributed by atoms with Gasteiger partial charge in [-0.15, -0.1) is 0 Å². The highest BCUT2D eigenvalue weighted by atomic mass is 32.2. The summed E-state index contributed by atoms with van der Waals surface area (Å²) in [7, 11) is -3.31. The molecule has 0 radical (unpaired) electrons. The Morgan fingerprint density at radius 3 is 2.38 bits per heavy atom. The Morgan fingerprint density at radius 1 is 1.08 bits per heavy atom. The van der Waals surface area contributed by atoms with Gasteiger partial charge in [0.25, 0.3) is 0 Å². The number of anilines is 1. The summed E-state index contributed by atoms with van der Waals surface area (Å²) in [6, 6.07) is 16.5. The van der Waals surface area contributed by atoms with Gasteiger partial charge >= 0.3 is 0 Å². The average molecular weight is 376 g/mol. The molecule has 0 fully saturated rings. The van der Waals surface area contributed by atoms with E-state index >= 15 is 0 Å². The molecule has 0 saturated heterocycles. The second-order valence-electron chi connectivity index (χ2n) is 5.77. The van der Waals surface area contributed by atoms with Crippen molar-refractivity contribution in [1.29, 1.82) is 0 Å². The maximum atomic E-state index is 12.1. The van der Waals surface area contributed by atoms with E-state index in [2.05, 4.69) is 4.72 Å². The van der Waals surface area contributed by atoms with Crippen molar-refractivity contribution in [3.63, 3.8) is 0 Å². The molecule has 2 rings (SSSR count). The van der Waals surface area contributed by atoms with E-state index in [1.54, 1.807) is 19.1 Å². The summed E-state index contributed by atoms with van der Waals surface area (Å²) in [4.78, 5) is 13.6. The van der Waals surface area contributed by atoms with Crippen LogP contribution in [0.4, 0.5) is 5.69 Å². The SMILES string of the molecule is CCCS(=O)(=O)NCCN(C(C)=O)c1ccccc1Oc1ccccc1. The molecule has 1 amide bonds. The van der Waals surface area contributed by atoms with Gasteiger partial charge in [-0.05, 0) is 30.7 Å². The van der Waals surface area contributed by atoms with E-state index in [0.717, 1.165) is 0 Å². The molecule has 0 aliphatic carbocycles. The Labute approximate surface area is 154 Å². The molecule has 0 saturated carbocycles.